The molecule has 104 valence electrons. The Hall–Kier alpha value is -1.45. The van der Waals surface area contributed by atoms with E-state index < -0.39 is 5.82 Å². The second-order valence-electron chi connectivity index (χ2n) is 4.61. The lowest BCUT2D eigenvalue weighted by atomic mass is 10.1. The van der Waals surface area contributed by atoms with E-state index in [-0.39, 0.29) is 5.02 Å². The molecule has 0 amide bonds. The summed E-state index contributed by atoms with van der Waals surface area (Å²) in [5.74, 6) is 0.401. The summed E-state index contributed by atoms with van der Waals surface area (Å²) in [6.45, 7) is 1.09. The van der Waals surface area contributed by atoms with E-state index in [0.29, 0.717) is 23.9 Å². The van der Waals surface area contributed by atoms with Gasteiger partial charge >= 0.3 is 0 Å². The van der Waals surface area contributed by atoms with Gasteiger partial charge in [0.1, 0.15) is 5.75 Å². The number of anilines is 1. The number of fused-ring (bicyclic) bond motifs is 1. The molecule has 20 heavy (non-hydrogen) atoms. The second-order valence-corrected chi connectivity index (χ2v) is 5.45. The van der Waals surface area contributed by atoms with E-state index >= 15 is 0 Å². The van der Waals surface area contributed by atoms with E-state index in [1.54, 1.807) is 12.1 Å². The maximum absolute atomic E-state index is 13.8. The van der Waals surface area contributed by atoms with Crippen molar-refractivity contribution >= 4 is 28.9 Å². The summed E-state index contributed by atoms with van der Waals surface area (Å²) < 4.78 is 19.4. The molecule has 0 atom stereocenters. The summed E-state index contributed by atoms with van der Waals surface area (Å²) in [7, 11) is 0. The molecule has 1 aliphatic rings. The maximum Gasteiger partial charge on any atom is 0.164 e. The molecular weight excluding hydrogens is 300 g/mol. The van der Waals surface area contributed by atoms with Crippen LogP contribution in [0.4, 0.5) is 10.1 Å². The van der Waals surface area contributed by atoms with Crippen LogP contribution in [-0.4, -0.2) is 6.61 Å². The molecule has 0 saturated carbocycles. The molecule has 1 heterocycles. The normalized spacial score (nSPS) is 12.9. The van der Waals surface area contributed by atoms with E-state index in [4.69, 9.17) is 27.9 Å². The van der Waals surface area contributed by atoms with Crippen LogP contribution in [-0.2, 0) is 13.0 Å². The minimum absolute atomic E-state index is 0.0996. The van der Waals surface area contributed by atoms with Gasteiger partial charge in [-0.25, -0.2) is 4.39 Å². The minimum atomic E-state index is -0.450. The first-order valence-corrected chi connectivity index (χ1v) is 7.03. The number of rotatable bonds is 3. The third-order valence-electron chi connectivity index (χ3n) is 3.25. The third-order valence-corrected chi connectivity index (χ3v) is 3.76. The summed E-state index contributed by atoms with van der Waals surface area (Å²) in [6, 6.07) is 8.61. The zero-order chi connectivity index (χ0) is 14.1. The van der Waals surface area contributed by atoms with Crippen LogP contribution in [0.25, 0.3) is 0 Å². The number of hydrogen-bond donors (Lipinski definition) is 1. The Labute approximate surface area is 126 Å². The van der Waals surface area contributed by atoms with Crippen molar-refractivity contribution in [1.29, 1.82) is 0 Å². The number of ether oxygens (including phenoxy) is 1. The standard InChI is InChI=1S/C15H12Cl2FNO/c16-11-6-9-4-5-20-15(9)10(7-11)8-19-13-3-1-2-12(17)14(13)18/h1-3,6-7,19H,4-5,8H2. The quantitative estimate of drug-likeness (QED) is 0.888. The van der Waals surface area contributed by atoms with E-state index in [9.17, 15) is 4.39 Å². The molecule has 3 rings (SSSR count). The molecule has 5 heteroatoms. The Balaban J connectivity index is 1.84. The lowest BCUT2D eigenvalue weighted by molar-refractivity contribution is 0.354. The summed E-state index contributed by atoms with van der Waals surface area (Å²) >= 11 is 11.8. The monoisotopic (exact) mass is 311 g/mol. The van der Waals surface area contributed by atoms with Crippen molar-refractivity contribution in [3.63, 3.8) is 0 Å². The highest BCUT2D eigenvalue weighted by Crippen LogP contribution is 2.33. The van der Waals surface area contributed by atoms with E-state index in [2.05, 4.69) is 5.32 Å². The van der Waals surface area contributed by atoms with Gasteiger partial charge in [0, 0.05) is 23.6 Å². The van der Waals surface area contributed by atoms with Crippen molar-refractivity contribution in [3.05, 3.63) is 57.3 Å². The molecule has 2 nitrogen and oxygen atoms in total. The van der Waals surface area contributed by atoms with Crippen molar-refractivity contribution in [2.75, 3.05) is 11.9 Å². The lowest BCUT2D eigenvalue weighted by Gasteiger charge is -2.12. The molecule has 0 fully saturated rings. The van der Waals surface area contributed by atoms with Crippen molar-refractivity contribution < 1.29 is 9.13 Å². The van der Waals surface area contributed by atoms with Crippen LogP contribution in [0, 0.1) is 5.82 Å². The number of nitrogens with one attached hydrogen (secondary N) is 1. The average Bonchev–Trinajstić information content (AvgIpc) is 2.88. The van der Waals surface area contributed by atoms with Gasteiger partial charge in [0.05, 0.1) is 17.3 Å². The molecule has 0 unspecified atom stereocenters. The van der Waals surface area contributed by atoms with Crippen molar-refractivity contribution in [2.45, 2.75) is 13.0 Å². The van der Waals surface area contributed by atoms with Crippen LogP contribution in [0.2, 0.25) is 10.0 Å². The molecular formula is C15H12Cl2FNO. The van der Waals surface area contributed by atoms with Gasteiger partial charge in [-0.1, -0.05) is 29.3 Å². The first kappa shape index (κ1) is 13.5. The molecule has 2 aromatic carbocycles. The summed E-state index contributed by atoms with van der Waals surface area (Å²) in [6.07, 6.45) is 0.856. The Bertz CT molecular complexity index is 661. The second kappa shape index (κ2) is 5.51. The fourth-order valence-electron chi connectivity index (χ4n) is 2.31. The van der Waals surface area contributed by atoms with Crippen LogP contribution in [0.15, 0.2) is 30.3 Å². The highest BCUT2D eigenvalue weighted by molar-refractivity contribution is 6.31. The summed E-state index contributed by atoms with van der Waals surface area (Å²) in [4.78, 5) is 0. The Morgan fingerprint density at radius 2 is 2.10 bits per heavy atom. The molecule has 1 N–H and O–H groups in total. The van der Waals surface area contributed by atoms with Crippen molar-refractivity contribution in [3.8, 4) is 5.75 Å². The zero-order valence-electron chi connectivity index (χ0n) is 10.6. The number of hydrogen-bond acceptors (Lipinski definition) is 2. The molecule has 0 bridgehead atoms. The van der Waals surface area contributed by atoms with Gasteiger partial charge in [0.25, 0.3) is 0 Å². The largest absolute Gasteiger partial charge is 0.493 e. The summed E-state index contributed by atoms with van der Waals surface area (Å²) in [5.41, 5.74) is 2.38. The molecule has 1 aliphatic heterocycles. The SMILES string of the molecule is Fc1c(Cl)cccc1NCc1cc(Cl)cc2c1OCC2. The molecule has 0 saturated heterocycles. The van der Waals surface area contributed by atoms with Gasteiger partial charge in [-0.2, -0.15) is 0 Å². The molecule has 0 radical (unpaired) electrons. The number of halogens is 3. The van der Waals surface area contributed by atoms with Gasteiger partial charge in [0.2, 0.25) is 0 Å². The lowest BCUT2D eigenvalue weighted by Crippen LogP contribution is -2.03. The minimum Gasteiger partial charge on any atom is -0.493 e. The highest BCUT2D eigenvalue weighted by Gasteiger charge is 2.17. The Morgan fingerprint density at radius 1 is 1.25 bits per heavy atom. The Morgan fingerprint density at radius 3 is 2.95 bits per heavy atom. The molecule has 0 aromatic heterocycles. The van der Waals surface area contributed by atoms with Crippen molar-refractivity contribution in [2.24, 2.45) is 0 Å². The first-order chi connectivity index (χ1) is 9.65. The predicted octanol–water partition coefficient (Wildman–Crippen LogP) is 4.68. The fourth-order valence-corrected chi connectivity index (χ4v) is 2.75. The summed E-state index contributed by atoms with van der Waals surface area (Å²) in [5, 5.41) is 3.79. The van der Waals surface area contributed by atoms with Crippen LogP contribution < -0.4 is 10.1 Å². The average molecular weight is 312 g/mol. The van der Waals surface area contributed by atoms with Crippen LogP contribution in [0.5, 0.6) is 5.75 Å². The van der Waals surface area contributed by atoms with Gasteiger partial charge in [-0.3, -0.25) is 0 Å². The first-order valence-electron chi connectivity index (χ1n) is 6.27. The van der Waals surface area contributed by atoms with Gasteiger partial charge < -0.3 is 10.1 Å². The Kier molecular flexibility index (Phi) is 3.72. The van der Waals surface area contributed by atoms with Crippen molar-refractivity contribution in [1.82, 2.24) is 0 Å². The van der Waals surface area contributed by atoms with Crippen LogP contribution in [0.3, 0.4) is 0 Å². The predicted molar refractivity (Wildman–Crippen MR) is 79.4 cm³/mol. The fraction of sp³-hybridized carbons (Fsp3) is 0.200. The zero-order valence-corrected chi connectivity index (χ0v) is 12.1. The van der Waals surface area contributed by atoms with Gasteiger partial charge in [-0.15, -0.1) is 0 Å². The molecule has 0 aliphatic carbocycles. The maximum atomic E-state index is 13.8. The van der Waals surface area contributed by atoms with Crippen LogP contribution >= 0.6 is 23.2 Å². The van der Waals surface area contributed by atoms with Gasteiger partial charge in [0.15, 0.2) is 5.82 Å². The van der Waals surface area contributed by atoms with E-state index in [1.165, 1.54) is 6.07 Å². The highest BCUT2D eigenvalue weighted by atomic mass is 35.5. The van der Waals surface area contributed by atoms with Gasteiger partial charge in [-0.05, 0) is 29.8 Å². The smallest absolute Gasteiger partial charge is 0.164 e. The van der Waals surface area contributed by atoms with Crippen LogP contribution in [0.1, 0.15) is 11.1 Å². The molecule has 2 aromatic rings. The van der Waals surface area contributed by atoms with E-state index in [1.807, 2.05) is 12.1 Å². The topological polar surface area (TPSA) is 21.3 Å². The third kappa shape index (κ3) is 2.56. The van der Waals surface area contributed by atoms with E-state index in [0.717, 1.165) is 23.3 Å². The molecule has 0 spiro atoms. The number of benzene rings is 2.